The van der Waals surface area contributed by atoms with Crippen molar-refractivity contribution in [1.29, 1.82) is 0 Å². The molecule has 0 unspecified atom stereocenters. The number of hydrogen-bond acceptors (Lipinski definition) is 7. The summed E-state index contributed by atoms with van der Waals surface area (Å²) < 4.78 is 7.28. The molecule has 186 valence electrons. The van der Waals surface area contributed by atoms with Crippen molar-refractivity contribution in [2.24, 2.45) is 5.92 Å². The highest BCUT2D eigenvalue weighted by atomic mass is 35.5. The number of ether oxygens (including phenoxy) is 1. The van der Waals surface area contributed by atoms with Gasteiger partial charge in [-0.05, 0) is 56.9 Å². The second-order valence-corrected chi connectivity index (χ2v) is 9.80. The number of piperidine rings is 1. The number of rotatable bonds is 8. The molecule has 35 heavy (non-hydrogen) atoms. The SMILES string of the molecule is CCC(=O)COc1cc2cc(Nc3nc(N4CCC(C)CC4)ncc3Cl)ccc2n(C(C)C)c1=O. The number of carbonyl (C=O) groups excluding carboxylic acids is 1. The number of benzene rings is 1. The summed E-state index contributed by atoms with van der Waals surface area (Å²) in [4.78, 5) is 36.1. The van der Waals surface area contributed by atoms with E-state index >= 15 is 0 Å². The van der Waals surface area contributed by atoms with Crippen LogP contribution >= 0.6 is 11.6 Å². The minimum absolute atomic E-state index is 0.0617. The summed E-state index contributed by atoms with van der Waals surface area (Å²) in [6.45, 7) is 9.65. The Balaban J connectivity index is 1.66. The van der Waals surface area contributed by atoms with E-state index in [-0.39, 0.29) is 29.7 Å². The average molecular weight is 498 g/mol. The van der Waals surface area contributed by atoms with Gasteiger partial charge in [0.1, 0.15) is 11.6 Å². The van der Waals surface area contributed by atoms with Crippen molar-refractivity contribution >= 4 is 45.7 Å². The van der Waals surface area contributed by atoms with Crippen molar-refractivity contribution in [1.82, 2.24) is 14.5 Å². The molecule has 4 rings (SSSR count). The smallest absolute Gasteiger partial charge is 0.293 e. The first-order valence-electron chi connectivity index (χ1n) is 12.1. The van der Waals surface area contributed by atoms with Crippen LogP contribution in [0.3, 0.4) is 0 Å². The summed E-state index contributed by atoms with van der Waals surface area (Å²) in [6.07, 6.45) is 4.22. The Hall–Kier alpha value is -3.13. The van der Waals surface area contributed by atoms with Gasteiger partial charge < -0.3 is 19.5 Å². The van der Waals surface area contributed by atoms with E-state index in [1.807, 2.05) is 32.0 Å². The minimum atomic E-state index is -0.253. The molecule has 0 bridgehead atoms. The fourth-order valence-electron chi connectivity index (χ4n) is 4.22. The van der Waals surface area contributed by atoms with E-state index in [0.717, 1.165) is 42.5 Å². The normalized spacial score (nSPS) is 14.5. The van der Waals surface area contributed by atoms with Crippen molar-refractivity contribution in [2.45, 2.75) is 53.0 Å². The van der Waals surface area contributed by atoms with Crippen LogP contribution in [0.5, 0.6) is 5.75 Å². The zero-order valence-electron chi connectivity index (χ0n) is 20.7. The number of halogens is 1. The number of anilines is 3. The van der Waals surface area contributed by atoms with E-state index < -0.39 is 0 Å². The fraction of sp³-hybridized carbons (Fsp3) is 0.462. The van der Waals surface area contributed by atoms with E-state index in [9.17, 15) is 9.59 Å². The zero-order valence-corrected chi connectivity index (χ0v) is 21.4. The van der Waals surface area contributed by atoms with Crippen LogP contribution < -0.4 is 20.5 Å². The molecule has 0 amide bonds. The van der Waals surface area contributed by atoms with Gasteiger partial charge in [0.25, 0.3) is 5.56 Å². The molecule has 8 nitrogen and oxygen atoms in total. The highest BCUT2D eigenvalue weighted by Gasteiger charge is 2.19. The number of nitrogens with one attached hydrogen (secondary N) is 1. The third-order valence-corrected chi connectivity index (χ3v) is 6.64. The maximum absolute atomic E-state index is 13.0. The van der Waals surface area contributed by atoms with Crippen molar-refractivity contribution in [2.75, 3.05) is 29.9 Å². The molecule has 0 spiro atoms. The van der Waals surface area contributed by atoms with Crippen LogP contribution in [0.25, 0.3) is 10.9 Å². The molecule has 2 aromatic heterocycles. The predicted octanol–water partition coefficient (Wildman–Crippen LogP) is 5.36. The standard InChI is InChI=1S/C26H32ClN5O3/c1-5-20(33)15-35-23-13-18-12-19(6-7-22(18)32(16(2)3)25(23)34)29-24-21(27)14-28-26(30-24)31-10-8-17(4)9-11-31/h6-7,12-14,16-17H,5,8-11,15H2,1-4H3,(H,28,29,30). The molecule has 1 aliphatic rings. The molecule has 1 saturated heterocycles. The van der Waals surface area contributed by atoms with E-state index in [1.54, 1.807) is 23.8 Å². The van der Waals surface area contributed by atoms with Gasteiger partial charge >= 0.3 is 0 Å². The molecular weight excluding hydrogens is 466 g/mol. The average Bonchev–Trinajstić information content (AvgIpc) is 2.84. The molecule has 0 saturated carbocycles. The summed E-state index contributed by atoms with van der Waals surface area (Å²) in [5.41, 5.74) is 1.29. The van der Waals surface area contributed by atoms with E-state index in [0.29, 0.717) is 29.1 Å². The van der Waals surface area contributed by atoms with Gasteiger partial charge in [-0.3, -0.25) is 9.59 Å². The Labute approximate surface area is 210 Å². The quantitative estimate of drug-likeness (QED) is 0.447. The maximum Gasteiger partial charge on any atom is 0.293 e. The highest BCUT2D eigenvalue weighted by Crippen LogP contribution is 2.29. The number of carbonyl (C=O) groups is 1. The molecule has 1 aromatic carbocycles. The number of ketones is 1. The van der Waals surface area contributed by atoms with Crippen molar-refractivity contribution in [3.63, 3.8) is 0 Å². The summed E-state index contributed by atoms with van der Waals surface area (Å²) >= 11 is 6.42. The molecule has 9 heteroatoms. The van der Waals surface area contributed by atoms with Gasteiger partial charge in [0.05, 0.1) is 11.7 Å². The summed E-state index contributed by atoms with van der Waals surface area (Å²) in [7, 11) is 0. The van der Waals surface area contributed by atoms with Crippen LogP contribution in [0.2, 0.25) is 5.02 Å². The molecule has 0 aliphatic carbocycles. The van der Waals surface area contributed by atoms with Crippen LogP contribution in [0.15, 0.2) is 35.3 Å². The lowest BCUT2D eigenvalue weighted by Crippen LogP contribution is -2.34. The topological polar surface area (TPSA) is 89.3 Å². The van der Waals surface area contributed by atoms with Crippen molar-refractivity contribution in [3.05, 3.63) is 45.8 Å². The van der Waals surface area contributed by atoms with Gasteiger partial charge in [-0.1, -0.05) is 25.4 Å². The molecule has 1 fully saturated rings. The van der Waals surface area contributed by atoms with Crippen molar-refractivity contribution < 1.29 is 9.53 Å². The van der Waals surface area contributed by atoms with Gasteiger partial charge in [-0.15, -0.1) is 0 Å². The van der Waals surface area contributed by atoms with E-state index in [4.69, 9.17) is 16.3 Å². The van der Waals surface area contributed by atoms with Gasteiger partial charge in [-0.25, -0.2) is 4.98 Å². The third kappa shape index (κ3) is 5.59. The first-order valence-corrected chi connectivity index (χ1v) is 12.5. The Kier molecular flexibility index (Phi) is 7.60. The van der Waals surface area contributed by atoms with Crippen LogP contribution in [-0.2, 0) is 4.79 Å². The zero-order chi connectivity index (χ0) is 25.1. The Morgan fingerprint density at radius 1 is 1.26 bits per heavy atom. The van der Waals surface area contributed by atoms with Gasteiger partial charge in [0.2, 0.25) is 5.95 Å². The summed E-state index contributed by atoms with van der Waals surface area (Å²) in [5, 5.41) is 4.53. The third-order valence-electron chi connectivity index (χ3n) is 6.36. The lowest BCUT2D eigenvalue weighted by atomic mass is 10.00. The number of nitrogens with zero attached hydrogens (tertiary/aromatic N) is 4. The highest BCUT2D eigenvalue weighted by molar-refractivity contribution is 6.32. The largest absolute Gasteiger partial charge is 0.480 e. The number of Topliss-reactive ketones (excluding diaryl/α,β-unsaturated/α-hetero) is 1. The van der Waals surface area contributed by atoms with Crippen LogP contribution in [-0.4, -0.2) is 40.0 Å². The van der Waals surface area contributed by atoms with Crippen LogP contribution in [0.1, 0.15) is 53.0 Å². The number of aromatic nitrogens is 3. The first kappa shape index (κ1) is 25.0. The molecule has 3 aromatic rings. The monoisotopic (exact) mass is 497 g/mol. The molecular formula is C26H32ClN5O3. The van der Waals surface area contributed by atoms with E-state index in [1.165, 1.54) is 0 Å². The Morgan fingerprint density at radius 3 is 2.69 bits per heavy atom. The van der Waals surface area contributed by atoms with Crippen LogP contribution in [0, 0.1) is 5.92 Å². The summed E-state index contributed by atoms with van der Waals surface area (Å²) in [5.74, 6) is 2.00. The Bertz CT molecular complexity index is 1280. The number of hydrogen-bond donors (Lipinski definition) is 1. The molecule has 0 radical (unpaired) electrons. The van der Waals surface area contributed by atoms with Gasteiger partial charge in [0.15, 0.2) is 17.4 Å². The number of fused-ring (bicyclic) bond motifs is 1. The maximum atomic E-state index is 13.0. The molecule has 1 N–H and O–H groups in total. The molecule has 3 heterocycles. The lowest BCUT2D eigenvalue weighted by Gasteiger charge is -2.30. The van der Waals surface area contributed by atoms with Gasteiger partial charge in [-0.2, -0.15) is 4.98 Å². The fourth-order valence-corrected chi connectivity index (χ4v) is 4.36. The predicted molar refractivity (Wildman–Crippen MR) is 140 cm³/mol. The minimum Gasteiger partial charge on any atom is -0.480 e. The Morgan fingerprint density at radius 2 is 2.00 bits per heavy atom. The second-order valence-electron chi connectivity index (χ2n) is 9.39. The summed E-state index contributed by atoms with van der Waals surface area (Å²) in [6, 6.07) is 7.31. The van der Waals surface area contributed by atoms with E-state index in [2.05, 4.69) is 27.1 Å². The number of pyridine rings is 1. The van der Waals surface area contributed by atoms with Crippen LogP contribution in [0.4, 0.5) is 17.5 Å². The lowest BCUT2D eigenvalue weighted by molar-refractivity contribution is -0.120. The second kappa shape index (κ2) is 10.6. The van der Waals surface area contributed by atoms with Crippen molar-refractivity contribution in [3.8, 4) is 5.75 Å². The first-order chi connectivity index (χ1) is 16.8. The molecule has 0 atom stereocenters. The van der Waals surface area contributed by atoms with Gasteiger partial charge in [0, 0.05) is 36.6 Å². The molecule has 1 aliphatic heterocycles.